The first-order valence-electron chi connectivity index (χ1n) is 8.22. The molecule has 2 aliphatic heterocycles. The SMILES string of the molecule is CC1Oc2ccccc2N(CCC(=O)NC2CCNCC2)C1=O.Cl. The lowest BCUT2D eigenvalue weighted by Gasteiger charge is -2.33. The molecular weight excluding hydrogens is 330 g/mol. The highest BCUT2D eigenvalue weighted by Crippen LogP contribution is 2.33. The van der Waals surface area contributed by atoms with Gasteiger partial charge in [0.1, 0.15) is 5.75 Å². The van der Waals surface area contributed by atoms with Crippen LogP contribution in [-0.2, 0) is 9.59 Å². The Bertz CT molecular complexity index is 590. The van der Waals surface area contributed by atoms with Gasteiger partial charge in [0, 0.05) is 19.0 Å². The molecule has 0 aliphatic carbocycles. The predicted molar refractivity (Wildman–Crippen MR) is 94.8 cm³/mol. The van der Waals surface area contributed by atoms with Crippen molar-refractivity contribution in [1.29, 1.82) is 0 Å². The number of fused-ring (bicyclic) bond motifs is 1. The van der Waals surface area contributed by atoms with Crippen LogP contribution in [0.2, 0.25) is 0 Å². The van der Waals surface area contributed by atoms with Crippen LogP contribution >= 0.6 is 12.4 Å². The summed E-state index contributed by atoms with van der Waals surface area (Å²) in [6.45, 7) is 4.00. The van der Waals surface area contributed by atoms with Crippen molar-refractivity contribution in [2.75, 3.05) is 24.5 Å². The molecule has 0 spiro atoms. The molecule has 3 rings (SSSR count). The third-order valence-corrected chi connectivity index (χ3v) is 4.34. The Morgan fingerprint density at radius 2 is 2.04 bits per heavy atom. The molecule has 24 heavy (non-hydrogen) atoms. The average Bonchev–Trinajstić information content (AvgIpc) is 2.56. The summed E-state index contributed by atoms with van der Waals surface area (Å²) in [4.78, 5) is 26.2. The minimum Gasteiger partial charge on any atom is -0.479 e. The molecule has 1 fully saturated rings. The molecule has 132 valence electrons. The lowest BCUT2D eigenvalue weighted by Crippen LogP contribution is -2.47. The van der Waals surface area contributed by atoms with E-state index in [2.05, 4.69) is 10.6 Å². The Hall–Kier alpha value is -1.79. The van der Waals surface area contributed by atoms with Crippen LogP contribution in [0.4, 0.5) is 5.69 Å². The largest absolute Gasteiger partial charge is 0.479 e. The normalized spacial score (nSPS) is 20.6. The van der Waals surface area contributed by atoms with Crippen LogP contribution < -0.4 is 20.3 Å². The number of hydrogen-bond acceptors (Lipinski definition) is 4. The minimum absolute atomic E-state index is 0. The average molecular weight is 354 g/mol. The third kappa shape index (κ3) is 4.19. The zero-order valence-electron chi connectivity index (χ0n) is 13.8. The fourth-order valence-electron chi connectivity index (χ4n) is 3.07. The molecule has 0 radical (unpaired) electrons. The van der Waals surface area contributed by atoms with Gasteiger partial charge in [-0.15, -0.1) is 12.4 Å². The fraction of sp³-hybridized carbons (Fsp3) is 0.529. The van der Waals surface area contributed by atoms with Crippen LogP contribution in [0, 0.1) is 0 Å². The van der Waals surface area contributed by atoms with Gasteiger partial charge in [0.2, 0.25) is 5.91 Å². The highest BCUT2D eigenvalue weighted by molar-refractivity contribution is 6.00. The second kappa shape index (κ2) is 8.35. The van der Waals surface area contributed by atoms with Gasteiger partial charge in [0.05, 0.1) is 5.69 Å². The van der Waals surface area contributed by atoms with Gasteiger partial charge in [-0.3, -0.25) is 9.59 Å². The molecule has 0 aromatic heterocycles. The molecular formula is C17H24ClN3O3. The van der Waals surface area contributed by atoms with Gasteiger partial charge in [0.25, 0.3) is 5.91 Å². The molecule has 1 atom stereocenters. The van der Waals surface area contributed by atoms with Crippen LogP contribution in [-0.4, -0.2) is 43.6 Å². The number of piperidine rings is 1. The topological polar surface area (TPSA) is 70.7 Å². The highest BCUT2D eigenvalue weighted by Gasteiger charge is 2.31. The summed E-state index contributed by atoms with van der Waals surface area (Å²) in [5, 5.41) is 6.34. The Morgan fingerprint density at radius 1 is 1.33 bits per heavy atom. The standard InChI is InChI=1S/C17H23N3O3.ClH/c1-12-17(22)20(14-4-2-3-5-15(14)23-12)11-8-16(21)19-13-6-9-18-10-7-13;/h2-5,12-13,18H,6-11H2,1H3,(H,19,21);1H. The lowest BCUT2D eigenvalue weighted by atomic mass is 10.1. The molecule has 2 aliphatic rings. The number of rotatable bonds is 4. The number of para-hydroxylation sites is 2. The molecule has 0 bridgehead atoms. The summed E-state index contributed by atoms with van der Waals surface area (Å²) in [6, 6.07) is 7.69. The van der Waals surface area contributed by atoms with Crippen molar-refractivity contribution in [2.24, 2.45) is 0 Å². The van der Waals surface area contributed by atoms with Gasteiger partial charge in [0.15, 0.2) is 6.10 Å². The van der Waals surface area contributed by atoms with E-state index in [9.17, 15) is 9.59 Å². The molecule has 1 aromatic carbocycles. The first-order chi connectivity index (χ1) is 11.1. The number of ether oxygens (including phenoxy) is 1. The minimum atomic E-state index is -0.516. The van der Waals surface area contributed by atoms with E-state index in [1.807, 2.05) is 24.3 Å². The number of halogens is 1. The lowest BCUT2D eigenvalue weighted by molar-refractivity contribution is -0.125. The van der Waals surface area contributed by atoms with Gasteiger partial charge in [-0.25, -0.2) is 0 Å². The summed E-state index contributed by atoms with van der Waals surface area (Å²) >= 11 is 0. The van der Waals surface area contributed by atoms with Crippen molar-refractivity contribution in [3.63, 3.8) is 0 Å². The maximum absolute atomic E-state index is 12.4. The van der Waals surface area contributed by atoms with Crippen molar-refractivity contribution in [1.82, 2.24) is 10.6 Å². The van der Waals surface area contributed by atoms with Crippen LogP contribution in [0.1, 0.15) is 26.2 Å². The van der Waals surface area contributed by atoms with Crippen LogP contribution in [0.5, 0.6) is 5.75 Å². The second-order valence-corrected chi connectivity index (χ2v) is 6.06. The van der Waals surface area contributed by atoms with Crippen molar-refractivity contribution in [3.8, 4) is 5.75 Å². The first-order valence-corrected chi connectivity index (χ1v) is 8.22. The monoisotopic (exact) mass is 353 g/mol. The highest BCUT2D eigenvalue weighted by atomic mass is 35.5. The zero-order valence-corrected chi connectivity index (χ0v) is 14.6. The smallest absolute Gasteiger partial charge is 0.267 e. The van der Waals surface area contributed by atoms with Gasteiger partial charge in [-0.1, -0.05) is 12.1 Å². The van der Waals surface area contributed by atoms with E-state index >= 15 is 0 Å². The number of anilines is 1. The molecule has 1 unspecified atom stereocenters. The van der Waals surface area contributed by atoms with Crippen molar-refractivity contribution in [3.05, 3.63) is 24.3 Å². The number of hydrogen-bond donors (Lipinski definition) is 2. The van der Waals surface area contributed by atoms with Crippen molar-refractivity contribution in [2.45, 2.75) is 38.3 Å². The number of carbonyl (C=O) groups excluding carboxylic acids is 2. The van der Waals surface area contributed by atoms with E-state index in [0.717, 1.165) is 31.6 Å². The van der Waals surface area contributed by atoms with Crippen molar-refractivity contribution >= 4 is 29.9 Å². The van der Waals surface area contributed by atoms with Crippen LogP contribution in [0.3, 0.4) is 0 Å². The number of nitrogens with zero attached hydrogens (tertiary/aromatic N) is 1. The summed E-state index contributed by atoms with van der Waals surface area (Å²) in [5.74, 6) is 0.595. The molecule has 6 nitrogen and oxygen atoms in total. The quantitative estimate of drug-likeness (QED) is 0.860. The van der Waals surface area contributed by atoms with E-state index in [4.69, 9.17) is 4.74 Å². The maximum Gasteiger partial charge on any atom is 0.267 e. The van der Waals surface area contributed by atoms with E-state index < -0.39 is 6.10 Å². The number of amides is 2. The number of benzene rings is 1. The Balaban J connectivity index is 0.00000208. The predicted octanol–water partition coefficient (Wildman–Crippen LogP) is 1.48. The number of nitrogens with one attached hydrogen (secondary N) is 2. The van der Waals surface area contributed by atoms with E-state index in [0.29, 0.717) is 18.7 Å². The van der Waals surface area contributed by atoms with E-state index in [1.165, 1.54) is 0 Å². The molecule has 0 saturated carbocycles. The second-order valence-electron chi connectivity index (χ2n) is 6.06. The summed E-state index contributed by atoms with van der Waals surface area (Å²) in [7, 11) is 0. The Kier molecular flexibility index (Phi) is 6.45. The zero-order chi connectivity index (χ0) is 16.2. The molecule has 1 aromatic rings. The van der Waals surface area contributed by atoms with Gasteiger partial charge < -0.3 is 20.3 Å². The Labute approximate surface area is 148 Å². The van der Waals surface area contributed by atoms with Gasteiger partial charge in [-0.2, -0.15) is 0 Å². The van der Waals surface area contributed by atoms with E-state index in [-0.39, 0.29) is 30.3 Å². The van der Waals surface area contributed by atoms with E-state index in [1.54, 1.807) is 11.8 Å². The van der Waals surface area contributed by atoms with Gasteiger partial charge >= 0.3 is 0 Å². The summed E-state index contributed by atoms with van der Waals surface area (Å²) < 4.78 is 5.60. The van der Waals surface area contributed by atoms with Crippen LogP contribution in [0.25, 0.3) is 0 Å². The maximum atomic E-state index is 12.4. The fourth-order valence-corrected chi connectivity index (χ4v) is 3.07. The molecule has 2 amide bonds. The van der Waals surface area contributed by atoms with Crippen molar-refractivity contribution < 1.29 is 14.3 Å². The molecule has 2 N–H and O–H groups in total. The van der Waals surface area contributed by atoms with Gasteiger partial charge in [-0.05, 0) is 45.0 Å². The summed E-state index contributed by atoms with van der Waals surface area (Å²) in [6.07, 6.45) is 1.71. The first kappa shape index (κ1) is 18.5. The molecule has 7 heteroatoms. The van der Waals surface area contributed by atoms with Crippen LogP contribution in [0.15, 0.2) is 24.3 Å². The summed E-state index contributed by atoms with van der Waals surface area (Å²) in [5.41, 5.74) is 0.741. The Morgan fingerprint density at radius 3 is 2.79 bits per heavy atom. The third-order valence-electron chi connectivity index (χ3n) is 4.34. The number of carbonyl (C=O) groups is 2. The molecule has 1 saturated heterocycles. The molecule has 2 heterocycles.